The van der Waals surface area contributed by atoms with Crippen molar-refractivity contribution in [2.75, 3.05) is 20.3 Å². The van der Waals surface area contributed by atoms with Crippen molar-refractivity contribution in [3.8, 4) is 5.75 Å². The number of benzene rings is 1. The lowest BCUT2D eigenvalue weighted by Gasteiger charge is -2.26. The number of rotatable bonds is 7. The van der Waals surface area contributed by atoms with Gasteiger partial charge >= 0.3 is 0 Å². The highest BCUT2D eigenvalue weighted by atomic mass is 32.2. The molecular formula is C13H15N3O6S. The number of amides is 2. The average Bonchev–Trinajstić information content (AvgIpc) is 2.84. The highest BCUT2D eigenvalue weighted by Crippen LogP contribution is 2.41. The fraction of sp³-hybridized carbons (Fsp3) is 0.385. The van der Waals surface area contributed by atoms with Crippen molar-refractivity contribution in [3.05, 3.63) is 39.9 Å². The largest absolute Gasteiger partial charge is 0.497 e. The van der Waals surface area contributed by atoms with Gasteiger partial charge in [0.1, 0.15) is 17.6 Å². The topological polar surface area (TPSA) is 125 Å². The third-order valence-corrected chi connectivity index (χ3v) is 4.53. The molecular weight excluding hydrogens is 326 g/mol. The minimum absolute atomic E-state index is 0.0205. The zero-order valence-corrected chi connectivity index (χ0v) is 13.0. The van der Waals surface area contributed by atoms with E-state index in [1.807, 2.05) is 0 Å². The Morgan fingerprint density at radius 1 is 1.43 bits per heavy atom. The summed E-state index contributed by atoms with van der Waals surface area (Å²) in [7, 11) is 1.53. The van der Waals surface area contributed by atoms with Gasteiger partial charge in [-0.05, 0) is 29.5 Å². The number of primary amides is 1. The molecule has 0 aliphatic carbocycles. The van der Waals surface area contributed by atoms with Crippen molar-refractivity contribution in [1.29, 1.82) is 0 Å². The van der Waals surface area contributed by atoms with Crippen LogP contribution in [-0.4, -0.2) is 46.6 Å². The van der Waals surface area contributed by atoms with Crippen molar-refractivity contribution < 1.29 is 24.3 Å². The second-order valence-electron chi connectivity index (χ2n) is 4.67. The van der Waals surface area contributed by atoms with Gasteiger partial charge in [-0.2, -0.15) is 0 Å². The van der Waals surface area contributed by atoms with E-state index in [9.17, 15) is 19.7 Å². The highest BCUT2D eigenvalue weighted by molar-refractivity contribution is 8.15. The molecule has 0 bridgehead atoms. The van der Waals surface area contributed by atoms with Crippen LogP contribution in [0.2, 0.25) is 0 Å². The van der Waals surface area contributed by atoms with Gasteiger partial charge < -0.3 is 20.2 Å². The van der Waals surface area contributed by atoms with Gasteiger partial charge in [0.2, 0.25) is 5.91 Å². The third kappa shape index (κ3) is 3.83. The molecule has 0 aromatic heterocycles. The average molecular weight is 341 g/mol. The molecule has 1 aromatic rings. The number of carbonyl (C=O) groups is 2. The Kier molecular flexibility index (Phi) is 5.27. The maximum absolute atomic E-state index is 12.1. The van der Waals surface area contributed by atoms with E-state index in [0.29, 0.717) is 11.3 Å². The second kappa shape index (κ2) is 7.18. The monoisotopic (exact) mass is 341 g/mol. The second-order valence-corrected chi connectivity index (χ2v) is 5.77. The number of carbonyl (C=O) groups excluding carboxylic acids is 2. The van der Waals surface area contributed by atoms with Crippen LogP contribution in [0.1, 0.15) is 11.6 Å². The summed E-state index contributed by atoms with van der Waals surface area (Å²) in [5.74, 6) is 0.00597. The van der Waals surface area contributed by atoms with E-state index in [-0.39, 0.29) is 18.4 Å². The summed E-state index contributed by atoms with van der Waals surface area (Å²) in [6, 6.07) is 6.24. The van der Waals surface area contributed by atoms with Gasteiger partial charge in [-0.3, -0.25) is 9.59 Å². The first-order valence-corrected chi connectivity index (χ1v) is 7.50. The van der Waals surface area contributed by atoms with Gasteiger partial charge in [0, 0.05) is 6.54 Å². The molecule has 1 aliphatic heterocycles. The lowest BCUT2D eigenvalue weighted by atomic mass is 10.0. The molecule has 1 heterocycles. The van der Waals surface area contributed by atoms with E-state index in [1.54, 1.807) is 24.3 Å². The highest BCUT2D eigenvalue weighted by Gasteiger charge is 2.44. The third-order valence-electron chi connectivity index (χ3n) is 3.35. The van der Waals surface area contributed by atoms with Gasteiger partial charge in [-0.25, -0.2) is 0 Å². The van der Waals surface area contributed by atoms with Gasteiger partial charge in [0.05, 0.1) is 13.2 Å². The molecule has 23 heavy (non-hydrogen) atoms. The molecule has 9 nitrogen and oxygen atoms in total. The SMILES string of the molecule is COc1ccc(C2C(C(N)=O)SC(=O)N2CCO[N+](=O)[O-])cc1. The van der Waals surface area contributed by atoms with Crippen molar-refractivity contribution in [1.82, 2.24) is 4.90 Å². The summed E-state index contributed by atoms with van der Waals surface area (Å²) in [4.78, 5) is 39.6. The van der Waals surface area contributed by atoms with Crippen LogP contribution in [0.4, 0.5) is 4.79 Å². The fourth-order valence-corrected chi connectivity index (χ4v) is 3.44. The number of nitrogens with two attached hydrogens (primary N) is 1. The van der Waals surface area contributed by atoms with E-state index >= 15 is 0 Å². The maximum Gasteiger partial charge on any atom is 0.294 e. The standard InChI is InChI=1S/C13H15N3O6S/c1-21-9-4-2-8(3-5-9)10-11(12(14)17)23-13(18)15(10)6-7-22-16(19)20/h2-5,10-11H,6-7H2,1H3,(H2,14,17). The molecule has 0 spiro atoms. The summed E-state index contributed by atoms with van der Waals surface area (Å²) in [5, 5.41) is 8.16. The summed E-state index contributed by atoms with van der Waals surface area (Å²) in [5.41, 5.74) is 6.07. The van der Waals surface area contributed by atoms with E-state index in [2.05, 4.69) is 4.84 Å². The Balaban J connectivity index is 2.24. The van der Waals surface area contributed by atoms with Crippen LogP contribution in [-0.2, 0) is 9.63 Å². The first-order chi connectivity index (χ1) is 10.9. The first kappa shape index (κ1) is 16.9. The molecule has 1 aliphatic rings. The quantitative estimate of drug-likeness (QED) is 0.578. The number of methoxy groups -OCH3 is 1. The molecule has 1 saturated heterocycles. The van der Waals surface area contributed by atoms with Crippen molar-refractivity contribution in [3.63, 3.8) is 0 Å². The Labute approximate surface area is 135 Å². The summed E-state index contributed by atoms with van der Waals surface area (Å²) in [6.45, 7) is -0.301. The predicted octanol–water partition coefficient (Wildman–Crippen LogP) is 0.967. The van der Waals surface area contributed by atoms with Crippen LogP contribution in [0.3, 0.4) is 0 Å². The Hall–Kier alpha value is -2.49. The molecule has 2 rings (SSSR count). The van der Waals surface area contributed by atoms with Gasteiger partial charge in [0.25, 0.3) is 10.3 Å². The predicted molar refractivity (Wildman–Crippen MR) is 81.4 cm³/mol. The Bertz CT molecular complexity index is 608. The smallest absolute Gasteiger partial charge is 0.294 e. The zero-order valence-electron chi connectivity index (χ0n) is 12.2. The Morgan fingerprint density at radius 2 is 2.09 bits per heavy atom. The summed E-state index contributed by atoms with van der Waals surface area (Å²) >= 11 is 0.809. The molecule has 0 saturated carbocycles. The van der Waals surface area contributed by atoms with Crippen LogP contribution in [0.5, 0.6) is 5.75 Å². The van der Waals surface area contributed by atoms with Crippen LogP contribution in [0.15, 0.2) is 24.3 Å². The minimum Gasteiger partial charge on any atom is -0.497 e. The van der Waals surface area contributed by atoms with Crippen molar-refractivity contribution in [2.24, 2.45) is 5.73 Å². The van der Waals surface area contributed by atoms with Crippen LogP contribution in [0.25, 0.3) is 0 Å². The van der Waals surface area contributed by atoms with Gasteiger partial charge in [0.15, 0.2) is 0 Å². The molecule has 1 aromatic carbocycles. The number of thioether (sulfide) groups is 1. The summed E-state index contributed by atoms with van der Waals surface area (Å²) < 4.78 is 5.07. The Morgan fingerprint density at radius 3 is 2.61 bits per heavy atom. The molecule has 124 valence electrons. The zero-order chi connectivity index (χ0) is 17.0. The maximum atomic E-state index is 12.1. The van der Waals surface area contributed by atoms with Gasteiger partial charge in [-0.15, -0.1) is 10.1 Å². The first-order valence-electron chi connectivity index (χ1n) is 6.62. The normalized spacial score (nSPS) is 20.4. The molecule has 2 unspecified atom stereocenters. The number of hydrogen-bond acceptors (Lipinski definition) is 7. The van der Waals surface area contributed by atoms with E-state index in [0.717, 1.165) is 11.8 Å². The number of hydrogen-bond donors (Lipinski definition) is 1. The van der Waals surface area contributed by atoms with Crippen molar-refractivity contribution in [2.45, 2.75) is 11.3 Å². The summed E-state index contributed by atoms with van der Waals surface area (Å²) in [6.07, 6.45) is 0. The van der Waals surface area contributed by atoms with Crippen LogP contribution in [0, 0.1) is 10.1 Å². The molecule has 2 atom stereocenters. The molecule has 2 N–H and O–H groups in total. The minimum atomic E-state index is -0.929. The van der Waals surface area contributed by atoms with E-state index in [4.69, 9.17) is 10.5 Å². The van der Waals surface area contributed by atoms with Gasteiger partial charge in [-0.1, -0.05) is 12.1 Å². The molecule has 1 fully saturated rings. The molecule has 0 radical (unpaired) electrons. The van der Waals surface area contributed by atoms with Crippen molar-refractivity contribution >= 4 is 22.9 Å². The van der Waals surface area contributed by atoms with E-state index in [1.165, 1.54) is 12.0 Å². The number of nitrogens with zero attached hydrogens (tertiary/aromatic N) is 2. The fourth-order valence-electron chi connectivity index (χ4n) is 2.33. The van der Waals surface area contributed by atoms with Crippen LogP contribution < -0.4 is 10.5 Å². The van der Waals surface area contributed by atoms with E-state index < -0.39 is 22.3 Å². The number of ether oxygens (including phenoxy) is 1. The molecule has 10 heteroatoms. The molecule has 2 amide bonds. The lowest BCUT2D eigenvalue weighted by molar-refractivity contribution is -0.757. The van der Waals surface area contributed by atoms with Crippen LogP contribution >= 0.6 is 11.8 Å². The lowest BCUT2D eigenvalue weighted by Crippen LogP contribution is -2.37.